The summed E-state index contributed by atoms with van der Waals surface area (Å²) in [6, 6.07) is 61.7. The molecular formula is C43H44BI. The summed E-state index contributed by atoms with van der Waals surface area (Å²) in [5.74, 6) is 0. The smallest absolute Gasteiger partial charge is 0.195 e. The Hall–Kier alpha value is -3.89. The van der Waals surface area contributed by atoms with Crippen molar-refractivity contribution in [1.82, 2.24) is 0 Å². The van der Waals surface area contributed by atoms with Gasteiger partial charge in [0.1, 0.15) is 6.15 Å². The Bertz CT molecular complexity index is 1520. The van der Waals surface area contributed by atoms with E-state index in [9.17, 15) is 0 Å². The first-order valence-corrected chi connectivity index (χ1v) is 18.5. The van der Waals surface area contributed by atoms with Crippen molar-refractivity contribution in [3.63, 3.8) is 0 Å². The fourth-order valence-electron chi connectivity index (χ4n) is 6.37. The minimum absolute atomic E-state index is 0.0254. The molecule has 6 aromatic rings. The van der Waals surface area contributed by atoms with Crippen molar-refractivity contribution in [2.45, 2.75) is 46.0 Å². The summed E-state index contributed by atoms with van der Waals surface area (Å²) < 4.78 is 3.07. The first kappa shape index (κ1) is 32.5. The van der Waals surface area contributed by atoms with E-state index >= 15 is 0 Å². The van der Waals surface area contributed by atoms with E-state index in [0.29, 0.717) is 0 Å². The molecule has 45 heavy (non-hydrogen) atoms. The Morgan fingerprint density at radius 3 is 1.29 bits per heavy atom. The molecule has 0 bridgehead atoms. The van der Waals surface area contributed by atoms with E-state index in [1.165, 1.54) is 68.7 Å². The fraction of sp³-hybridized carbons (Fsp3) is 0.163. The Balaban J connectivity index is 0.000000183. The highest BCUT2D eigenvalue weighted by Gasteiger charge is 2.31. The van der Waals surface area contributed by atoms with Gasteiger partial charge in [0.2, 0.25) is 0 Å². The molecule has 6 rings (SSSR count). The van der Waals surface area contributed by atoms with Crippen LogP contribution in [0.2, 0.25) is 0 Å². The lowest BCUT2D eigenvalue weighted by Crippen LogP contribution is -3.61. The Kier molecular flexibility index (Phi) is 12.3. The Morgan fingerprint density at radius 1 is 0.444 bits per heavy atom. The van der Waals surface area contributed by atoms with Gasteiger partial charge in [-0.3, -0.25) is 0 Å². The summed E-state index contributed by atoms with van der Waals surface area (Å²) >= 11 is -0.0254. The van der Waals surface area contributed by atoms with Gasteiger partial charge in [0.25, 0.3) is 0 Å². The van der Waals surface area contributed by atoms with Gasteiger partial charge in [0.15, 0.2) is 7.14 Å². The van der Waals surface area contributed by atoms with E-state index < -0.39 is 6.15 Å². The molecule has 0 fully saturated rings. The Morgan fingerprint density at radius 2 is 0.867 bits per heavy atom. The van der Waals surface area contributed by atoms with Crippen molar-refractivity contribution in [3.8, 4) is 0 Å². The van der Waals surface area contributed by atoms with Crippen LogP contribution in [0.1, 0.15) is 43.7 Å². The monoisotopic (exact) mass is 698 g/mol. The van der Waals surface area contributed by atoms with Gasteiger partial charge < -0.3 is 0 Å². The highest BCUT2D eigenvalue weighted by molar-refractivity contribution is 7.19. The highest BCUT2D eigenvalue weighted by atomic mass is 127. The lowest BCUT2D eigenvalue weighted by molar-refractivity contribution is -0.598. The number of unbranched alkanes of at least 4 members (excludes halogenated alkanes) is 3. The van der Waals surface area contributed by atoms with E-state index in [0.717, 1.165) is 0 Å². The minimum atomic E-state index is -1.22. The summed E-state index contributed by atoms with van der Waals surface area (Å²) in [5.41, 5.74) is 8.29. The zero-order valence-corrected chi connectivity index (χ0v) is 28.8. The molecule has 0 atom stereocenters. The van der Waals surface area contributed by atoms with Crippen molar-refractivity contribution in [2.24, 2.45) is 0 Å². The third kappa shape index (κ3) is 8.44. The fourth-order valence-corrected chi connectivity index (χ4v) is 8.75. The van der Waals surface area contributed by atoms with Crippen LogP contribution in [0.25, 0.3) is 0 Å². The molecule has 0 aliphatic rings. The van der Waals surface area contributed by atoms with Crippen LogP contribution in [-0.2, 0) is 6.42 Å². The number of hydrogen-bond donors (Lipinski definition) is 0. The summed E-state index contributed by atoms with van der Waals surface area (Å²) in [6.07, 6.45) is 5.42. The van der Waals surface area contributed by atoms with Gasteiger partial charge in [-0.1, -0.05) is 178 Å². The Labute approximate surface area is 281 Å². The van der Waals surface area contributed by atoms with Crippen LogP contribution in [0.15, 0.2) is 170 Å². The van der Waals surface area contributed by atoms with E-state index in [2.05, 4.69) is 184 Å². The van der Waals surface area contributed by atoms with E-state index in [1.54, 1.807) is 3.57 Å². The lowest BCUT2D eigenvalue weighted by atomic mass is 9.13. The quantitative estimate of drug-likeness (QED) is 0.0979. The molecule has 0 amide bonds. The summed E-state index contributed by atoms with van der Waals surface area (Å²) in [4.78, 5) is 0. The van der Waals surface area contributed by atoms with Gasteiger partial charge in [0.05, 0.1) is 0 Å². The molecular weight excluding hydrogens is 654 g/mol. The highest BCUT2D eigenvalue weighted by Crippen LogP contribution is 2.10. The summed E-state index contributed by atoms with van der Waals surface area (Å²) in [7, 11) is 0. The standard InChI is InChI=1S/C24H20B.C19H24I/c1-5-13-21(14-6-1)25(22-15-7-2-8-16-22,23-17-9-3-10-18-23)24-19-11-4-12-20-24;1-3-4-5-6-10-17-12-14-18(15-13-17)20-19-11-8-7-9-16(19)2/h1-20H;7-9,11-15H,3-6,10H2,1-2H3/q-1;+1. The third-order valence-corrected chi connectivity index (χ3v) is 11.9. The molecule has 0 heterocycles. The van der Waals surface area contributed by atoms with Gasteiger partial charge in [-0.25, -0.2) is 0 Å². The van der Waals surface area contributed by atoms with Gasteiger partial charge in [-0.15, -0.1) is 0 Å². The number of rotatable bonds is 11. The van der Waals surface area contributed by atoms with Gasteiger partial charge in [-0.05, 0) is 43.5 Å². The molecule has 0 N–H and O–H groups in total. The van der Waals surface area contributed by atoms with Crippen LogP contribution in [0.4, 0.5) is 0 Å². The topological polar surface area (TPSA) is 0 Å². The normalized spacial score (nSPS) is 11.0. The lowest BCUT2D eigenvalue weighted by Gasteiger charge is -2.44. The maximum Gasteiger partial charge on any atom is 0.358 e. The minimum Gasteiger partial charge on any atom is -0.195 e. The molecule has 0 saturated heterocycles. The number of halogens is 1. The van der Waals surface area contributed by atoms with Crippen LogP contribution >= 0.6 is 0 Å². The second-order valence-corrected chi connectivity index (χ2v) is 14.7. The van der Waals surface area contributed by atoms with Crippen molar-refractivity contribution in [2.75, 3.05) is 0 Å². The molecule has 0 aromatic heterocycles. The largest absolute Gasteiger partial charge is 0.358 e. The average Bonchev–Trinajstić information content (AvgIpc) is 3.11. The number of aryl methyl sites for hydroxylation is 2. The molecule has 0 nitrogen and oxygen atoms in total. The van der Waals surface area contributed by atoms with Crippen molar-refractivity contribution in [3.05, 3.63) is 188 Å². The molecule has 226 valence electrons. The number of benzene rings is 6. The molecule has 6 aromatic carbocycles. The molecule has 0 spiro atoms. The molecule has 2 heteroatoms. The zero-order valence-electron chi connectivity index (χ0n) is 26.7. The first-order chi connectivity index (χ1) is 22.2. The molecule has 0 unspecified atom stereocenters. The summed E-state index contributed by atoms with van der Waals surface area (Å²) in [6.45, 7) is 4.49. The van der Waals surface area contributed by atoms with Crippen LogP contribution in [0, 0.1) is 14.1 Å². The van der Waals surface area contributed by atoms with Crippen molar-refractivity contribution in [1.29, 1.82) is 0 Å². The van der Waals surface area contributed by atoms with Gasteiger partial charge >= 0.3 is 21.2 Å². The summed E-state index contributed by atoms with van der Waals surface area (Å²) in [5, 5.41) is 0. The zero-order chi connectivity index (χ0) is 31.2. The van der Waals surface area contributed by atoms with Crippen LogP contribution in [0.3, 0.4) is 0 Å². The van der Waals surface area contributed by atoms with Crippen molar-refractivity contribution < 1.29 is 21.2 Å². The van der Waals surface area contributed by atoms with Gasteiger partial charge in [0, 0.05) is 5.56 Å². The third-order valence-electron chi connectivity index (χ3n) is 8.72. The van der Waals surface area contributed by atoms with E-state index in [-0.39, 0.29) is 21.2 Å². The maximum atomic E-state index is 2.34. The van der Waals surface area contributed by atoms with E-state index in [4.69, 9.17) is 0 Å². The SMILES string of the molecule is CCCCCCc1ccc([I+]c2ccccc2C)cc1.c1ccc([B-](c2ccccc2)(c2ccccc2)c2ccccc2)cc1. The van der Waals surface area contributed by atoms with Crippen molar-refractivity contribution >= 4 is 28.0 Å². The number of hydrogen-bond acceptors (Lipinski definition) is 0. The molecule has 0 aliphatic heterocycles. The van der Waals surface area contributed by atoms with Crippen LogP contribution < -0.4 is 43.1 Å². The predicted molar refractivity (Wildman–Crippen MR) is 193 cm³/mol. The van der Waals surface area contributed by atoms with E-state index in [1.807, 2.05) is 0 Å². The molecule has 0 saturated carbocycles. The first-order valence-electron chi connectivity index (χ1n) is 16.4. The average molecular weight is 699 g/mol. The van der Waals surface area contributed by atoms with Crippen LogP contribution in [-0.4, -0.2) is 6.15 Å². The maximum absolute atomic E-state index is 2.34. The second kappa shape index (κ2) is 17.0. The molecule has 0 radical (unpaired) electrons. The van der Waals surface area contributed by atoms with Gasteiger partial charge in [-0.2, -0.15) is 21.9 Å². The second-order valence-electron chi connectivity index (χ2n) is 11.8. The molecule has 0 aliphatic carbocycles. The predicted octanol–water partition coefficient (Wildman–Crippen LogP) is 5.31. The van der Waals surface area contributed by atoms with Crippen LogP contribution in [0.5, 0.6) is 0 Å².